The van der Waals surface area contributed by atoms with Crippen LogP contribution in [0.5, 0.6) is 0 Å². The van der Waals surface area contributed by atoms with Gasteiger partial charge in [-0.1, -0.05) is 31.2 Å². The fourth-order valence-corrected chi connectivity index (χ4v) is 4.16. The molecular formula is C28H25N3O3. The molecule has 3 aromatic rings. The quantitative estimate of drug-likeness (QED) is 0.492. The lowest BCUT2D eigenvalue weighted by Crippen LogP contribution is -2.31. The summed E-state index contributed by atoms with van der Waals surface area (Å²) in [6.07, 6.45) is 0.769. The van der Waals surface area contributed by atoms with E-state index in [1.807, 2.05) is 51.1 Å². The molecule has 0 unspecified atom stereocenters. The lowest BCUT2D eigenvalue weighted by molar-refractivity contribution is 0.0742. The van der Waals surface area contributed by atoms with E-state index in [4.69, 9.17) is 5.26 Å². The van der Waals surface area contributed by atoms with E-state index in [1.54, 1.807) is 29.2 Å². The van der Waals surface area contributed by atoms with Crippen LogP contribution < -0.4 is 4.90 Å². The number of aryl methyl sites for hydroxylation is 2. The molecule has 0 aliphatic carbocycles. The minimum absolute atomic E-state index is 0.209. The Hall–Kier alpha value is -4.24. The number of carbonyl (C=O) groups is 3. The van der Waals surface area contributed by atoms with Gasteiger partial charge in [0, 0.05) is 18.7 Å². The van der Waals surface area contributed by atoms with E-state index in [2.05, 4.69) is 6.07 Å². The van der Waals surface area contributed by atoms with Gasteiger partial charge in [-0.15, -0.1) is 0 Å². The molecule has 0 bridgehead atoms. The van der Waals surface area contributed by atoms with Gasteiger partial charge >= 0.3 is 0 Å². The molecule has 0 spiro atoms. The number of hydrogen-bond donors (Lipinski definition) is 0. The van der Waals surface area contributed by atoms with Crippen LogP contribution in [0.15, 0.2) is 60.7 Å². The van der Waals surface area contributed by atoms with Gasteiger partial charge in [-0.05, 0) is 73.4 Å². The van der Waals surface area contributed by atoms with Gasteiger partial charge in [0.15, 0.2) is 0 Å². The number of benzene rings is 3. The summed E-state index contributed by atoms with van der Waals surface area (Å²) in [5.74, 6) is -1.01. The van der Waals surface area contributed by atoms with Gasteiger partial charge in [0.05, 0.1) is 28.4 Å². The van der Waals surface area contributed by atoms with Crippen LogP contribution in [0.2, 0.25) is 0 Å². The minimum Gasteiger partial charge on any atom is -0.334 e. The first kappa shape index (κ1) is 22.9. The summed E-state index contributed by atoms with van der Waals surface area (Å²) < 4.78 is 0. The van der Waals surface area contributed by atoms with E-state index in [9.17, 15) is 14.4 Å². The molecule has 3 aromatic carbocycles. The molecule has 0 atom stereocenters. The topological polar surface area (TPSA) is 81.5 Å². The van der Waals surface area contributed by atoms with Crippen molar-refractivity contribution >= 4 is 23.4 Å². The number of anilines is 1. The zero-order valence-electron chi connectivity index (χ0n) is 19.5. The van der Waals surface area contributed by atoms with Crippen molar-refractivity contribution in [3.05, 3.63) is 99.6 Å². The Morgan fingerprint density at radius 3 is 2.32 bits per heavy atom. The van der Waals surface area contributed by atoms with Crippen LogP contribution in [0, 0.1) is 25.2 Å². The van der Waals surface area contributed by atoms with Crippen LogP contribution in [0.25, 0.3) is 0 Å². The number of hydrogen-bond acceptors (Lipinski definition) is 4. The molecule has 0 saturated carbocycles. The van der Waals surface area contributed by atoms with Crippen LogP contribution in [-0.2, 0) is 6.54 Å². The maximum atomic E-state index is 13.4. The second-order valence-corrected chi connectivity index (χ2v) is 8.53. The van der Waals surface area contributed by atoms with Crippen molar-refractivity contribution in [2.45, 2.75) is 33.7 Å². The molecule has 170 valence electrons. The number of carbonyl (C=O) groups excluding carboxylic acids is 3. The zero-order valence-corrected chi connectivity index (χ0v) is 19.5. The van der Waals surface area contributed by atoms with Gasteiger partial charge in [0.1, 0.15) is 0 Å². The van der Waals surface area contributed by atoms with Crippen molar-refractivity contribution in [3.8, 4) is 6.07 Å². The molecule has 34 heavy (non-hydrogen) atoms. The first-order valence-corrected chi connectivity index (χ1v) is 11.2. The SMILES string of the molecule is CCCN(Cc1ccc(C#N)cc1)C(=O)c1ccc2c(c1)C(=O)N(c1cc(C)ccc1C)C2=O. The number of rotatable bonds is 6. The fourth-order valence-electron chi connectivity index (χ4n) is 4.16. The van der Waals surface area contributed by atoms with Crippen LogP contribution in [0.3, 0.4) is 0 Å². The largest absolute Gasteiger partial charge is 0.334 e. The number of amides is 3. The van der Waals surface area contributed by atoms with Crippen molar-refractivity contribution in [1.29, 1.82) is 5.26 Å². The molecule has 0 aromatic heterocycles. The third kappa shape index (κ3) is 4.20. The van der Waals surface area contributed by atoms with Gasteiger partial charge in [0.2, 0.25) is 0 Å². The van der Waals surface area contributed by atoms with E-state index >= 15 is 0 Å². The van der Waals surface area contributed by atoms with Gasteiger partial charge < -0.3 is 4.90 Å². The van der Waals surface area contributed by atoms with Gasteiger partial charge in [-0.25, -0.2) is 4.90 Å². The number of nitrogens with zero attached hydrogens (tertiary/aromatic N) is 3. The Morgan fingerprint density at radius 2 is 1.65 bits per heavy atom. The van der Waals surface area contributed by atoms with Crippen molar-refractivity contribution in [2.75, 3.05) is 11.4 Å². The summed E-state index contributed by atoms with van der Waals surface area (Å²) in [5.41, 5.74) is 4.72. The maximum Gasteiger partial charge on any atom is 0.266 e. The molecule has 0 N–H and O–H groups in total. The highest BCUT2D eigenvalue weighted by molar-refractivity contribution is 6.35. The Kier molecular flexibility index (Phi) is 6.29. The zero-order chi connectivity index (χ0) is 24.4. The molecule has 1 aliphatic heterocycles. The number of imide groups is 1. The van der Waals surface area contributed by atoms with Gasteiger partial charge in [-0.2, -0.15) is 5.26 Å². The average Bonchev–Trinajstić information content (AvgIpc) is 3.09. The predicted molar refractivity (Wildman–Crippen MR) is 130 cm³/mol. The second kappa shape index (κ2) is 9.32. The third-order valence-electron chi connectivity index (χ3n) is 5.98. The van der Waals surface area contributed by atoms with Crippen LogP contribution in [0.4, 0.5) is 5.69 Å². The van der Waals surface area contributed by atoms with Gasteiger partial charge in [-0.3, -0.25) is 14.4 Å². The molecule has 1 heterocycles. The molecule has 6 heteroatoms. The molecule has 0 fully saturated rings. The van der Waals surface area contributed by atoms with Gasteiger partial charge in [0.25, 0.3) is 17.7 Å². The Labute approximate surface area is 199 Å². The maximum absolute atomic E-state index is 13.4. The van der Waals surface area contributed by atoms with Crippen LogP contribution >= 0.6 is 0 Å². The van der Waals surface area contributed by atoms with E-state index in [0.717, 1.165) is 23.1 Å². The normalized spacial score (nSPS) is 12.5. The molecule has 6 nitrogen and oxygen atoms in total. The van der Waals surface area contributed by atoms with E-state index < -0.39 is 5.91 Å². The van der Waals surface area contributed by atoms with Crippen molar-refractivity contribution < 1.29 is 14.4 Å². The third-order valence-corrected chi connectivity index (χ3v) is 5.98. The number of nitriles is 1. The highest BCUT2D eigenvalue weighted by atomic mass is 16.2. The summed E-state index contributed by atoms with van der Waals surface area (Å²) in [5, 5.41) is 9.00. The summed E-state index contributed by atoms with van der Waals surface area (Å²) in [6, 6.07) is 19.6. The lowest BCUT2D eigenvalue weighted by atomic mass is 10.0. The van der Waals surface area contributed by atoms with Crippen LogP contribution in [-0.4, -0.2) is 29.2 Å². The summed E-state index contributed by atoms with van der Waals surface area (Å²) in [7, 11) is 0. The Balaban J connectivity index is 1.63. The molecule has 4 rings (SSSR count). The fraction of sp³-hybridized carbons (Fsp3) is 0.214. The van der Waals surface area contributed by atoms with Crippen LogP contribution in [0.1, 0.15) is 66.7 Å². The van der Waals surface area contributed by atoms with Crippen molar-refractivity contribution in [2.24, 2.45) is 0 Å². The summed E-state index contributed by atoms with van der Waals surface area (Å²) in [4.78, 5) is 42.6. The lowest BCUT2D eigenvalue weighted by Gasteiger charge is -2.22. The molecule has 0 saturated heterocycles. The summed E-state index contributed by atoms with van der Waals surface area (Å²) >= 11 is 0. The highest BCUT2D eigenvalue weighted by Crippen LogP contribution is 2.32. The summed E-state index contributed by atoms with van der Waals surface area (Å²) in [6.45, 7) is 6.69. The predicted octanol–water partition coefficient (Wildman–Crippen LogP) is 5.03. The molecule has 1 aliphatic rings. The van der Waals surface area contributed by atoms with E-state index in [1.165, 1.54) is 11.0 Å². The Morgan fingerprint density at radius 1 is 0.941 bits per heavy atom. The van der Waals surface area contributed by atoms with E-state index in [-0.39, 0.29) is 17.4 Å². The van der Waals surface area contributed by atoms with Crippen molar-refractivity contribution in [1.82, 2.24) is 4.90 Å². The Bertz CT molecular complexity index is 1340. The van der Waals surface area contributed by atoms with E-state index in [0.29, 0.717) is 35.5 Å². The monoisotopic (exact) mass is 451 g/mol. The first-order valence-electron chi connectivity index (χ1n) is 11.2. The highest BCUT2D eigenvalue weighted by Gasteiger charge is 2.38. The molecule has 0 radical (unpaired) electrons. The van der Waals surface area contributed by atoms with Crippen molar-refractivity contribution in [3.63, 3.8) is 0 Å². The number of fused-ring (bicyclic) bond motifs is 1. The smallest absolute Gasteiger partial charge is 0.266 e. The molecule has 3 amide bonds. The second-order valence-electron chi connectivity index (χ2n) is 8.53. The average molecular weight is 452 g/mol. The minimum atomic E-state index is -0.419. The standard InChI is InChI=1S/C28H25N3O3/c1-4-13-30(17-21-9-7-20(16-29)8-10-21)26(32)22-11-12-23-24(15-22)28(34)31(27(23)33)25-14-18(2)5-6-19(25)3/h5-12,14-15H,4,13,17H2,1-3H3. The first-order chi connectivity index (χ1) is 16.3. The molecular weight excluding hydrogens is 426 g/mol.